The molecule has 0 spiro atoms. The summed E-state index contributed by atoms with van der Waals surface area (Å²) in [7, 11) is 0. The van der Waals surface area contributed by atoms with Crippen LogP contribution in [-0.4, -0.2) is 17.7 Å². The van der Waals surface area contributed by atoms with E-state index in [2.05, 4.69) is 18.7 Å². The van der Waals surface area contributed by atoms with E-state index in [1.54, 1.807) is 4.90 Å². The Labute approximate surface area is 100 Å². The van der Waals surface area contributed by atoms with Gasteiger partial charge in [-0.25, -0.2) is 0 Å². The second kappa shape index (κ2) is 4.58. The Balaban J connectivity index is 2.33. The van der Waals surface area contributed by atoms with E-state index in [0.717, 1.165) is 11.3 Å². The van der Waals surface area contributed by atoms with Crippen molar-refractivity contribution < 1.29 is 4.79 Å². The summed E-state index contributed by atoms with van der Waals surface area (Å²) >= 11 is 4.32. The molecule has 82 valence electrons. The number of nitriles is 1. The van der Waals surface area contributed by atoms with Gasteiger partial charge in [0, 0.05) is 23.9 Å². The Morgan fingerprint density at radius 2 is 2.25 bits per heavy atom. The highest BCUT2D eigenvalue weighted by Crippen LogP contribution is 2.27. The molecule has 1 aromatic rings. The molecule has 1 aliphatic heterocycles. The van der Waals surface area contributed by atoms with Crippen molar-refractivity contribution in [2.24, 2.45) is 0 Å². The second-order valence-corrected chi connectivity index (χ2v) is 4.56. The van der Waals surface area contributed by atoms with Gasteiger partial charge in [0.15, 0.2) is 0 Å². The maximum atomic E-state index is 11.7. The molecule has 1 unspecified atom stereocenters. The first-order valence-corrected chi connectivity index (χ1v) is 5.67. The fraction of sp³-hybridized carbons (Fsp3) is 0.333. The second-order valence-electron chi connectivity index (χ2n) is 3.83. The Morgan fingerprint density at radius 1 is 1.50 bits per heavy atom. The minimum absolute atomic E-state index is 0.0883. The lowest BCUT2D eigenvalue weighted by Gasteiger charge is -2.18. The topological polar surface area (TPSA) is 44.1 Å². The lowest BCUT2D eigenvalue weighted by atomic mass is 10.1. The molecule has 0 aliphatic carbocycles. The van der Waals surface area contributed by atoms with Crippen LogP contribution in [0.4, 0.5) is 5.69 Å². The highest BCUT2D eigenvalue weighted by molar-refractivity contribution is 7.81. The molecule has 0 bridgehead atoms. The van der Waals surface area contributed by atoms with Crippen LogP contribution >= 0.6 is 12.6 Å². The smallest absolute Gasteiger partial charge is 0.228 e. The van der Waals surface area contributed by atoms with Gasteiger partial charge in [0.05, 0.1) is 12.5 Å². The van der Waals surface area contributed by atoms with Gasteiger partial charge in [0.1, 0.15) is 0 Å². The maximum Gasteiger partial charge on any atom is 0.228 e. The third-order valence-corrected chi connectivity index (χ3v) is 3.00. The van der Waals surface area contributed by atoms with E-state index in [4.69, 9.17) is 5.26 Å². The van der Waals surface area contributed by atoms with E-state index in [9.17, 15) is 4.79 Å². The van der Waals surface area contributed by atoms with Crippen LogP contribution in [-0.2, 0) is 11.2 Å². The summed E-state index contributed by atoms with van der Waals surface area (Å²) in [5, 5.41) is 8.84. The molecule has 1 heterocycles. The summed E-state index contributed by atoms with van der Waals surface area (Å²) in [5.41, 5.74) is 1.76. The third kappa shape index (κ3) is 2.05. The molecular weight excluding hydrogens is 220 g/mol. The molecule has 0 N–H and O–H groups in total. The van der Waals surface area contributed by atoms with E-state index >= 15 is 0 Å². The van der Waals surface area contributed by atoms with Gasteiger partial charge in [-0.15, -0.1) is 0 Å². The first-order valence-electron chi connectivity index (χ1n) is 5.15. The maximum absolute atomic E-state index is 11.7. The summed E-state index contributed by atoms with van der Waals surface area (Å²) in [6.07, 6.45) is 0.807. The molecule has 3 nitrogen and oxygen atoms in total. The number of benzene rings is 1. The fourth-order valence-electron chi connectivity index (χ4n) is 1.93. The normalized spacial score (nSPS) is 19.9. The van der Waals surface area contributed by atoms with Crippen molar-refractivity contribution in [2.75, 3.05) is 11.4 Å². The van der Waals surface area contributed by atoms with Crippen molar-refractivity contribution in [1.29, 1.82) is 5.26 Å². The van der Waals surface area contributed by atoms with E-state index in [-0.39, 0.29) is 11.2 Å². The van der Waals surface area contributed by atoms with Gasteiger partial charge in [0.25, 0.3) is 0 Å². The molecular formula is C12H12N2OS. The molecule has 0 saturated carbocycles. The quantitative estimate of drug-likeness (QED) is 0.790. The van der Waals surface area contributed by atoms with Gasteiger partial charge < -0.3 is 4.90 Å². The van der Waals surface area contributed by atoms with Gasteiger partial charge in [0.2, 0.25) is 5.91 Å². The van der Waals surface area contributed by atoms with Crippen molar-refractivity contribution in [3.05, 3.63) is 29.8 Å². The standard InChI is InChI=1S/C12H12N2OS/c13-6-5-9-3-1-2-4-11(9)14-8-10(16)7-12(14)15/h1-4,10,16H,5,7-8H2. The van der Waals surface area contributed by atoms with Gasteiger partial charge in [-0.1, -0.05) is 18.2 Å². The SMILES string of the molecule is N#CCc1ccccc1N1CC(S)CC1=O. The van der Waals surface area contributed by atoms with E-state index in [1.807, 2.05) is 24.3 Å². The van der Waals surface area contributed by atoms with Crippen LogP contribution in [0.25, 0.3) is 0 Å². The predicted octanol–water partition coefficient (Wildman–Crippen LogP) is 1.79. The van der Waals surface area contributed by atoms with Crippen LogP contribution < -0.4 is 4.90 Å². The van der Waals surface area contributed by atoms with Crippen LogP contribution in [0.15, 0.2) is 24.3 Å². The van der Waals surface area contributed by atoms with E-state index < -0.39 is 0 Å². The van der Waals surface area contributed by atoms with Gasteiger partial charge >= 0.3 is 0 Å². The first kappa shape index (κ1) is 11.0. The fourth-order valence-corrected chi connectivity index (χ4v) is 2.25. The van der Waals surface area contributed by atoms with Crippen molar-refractivity contribution in [3.63, 3.8) is 0 Å². The summed E-state index contributed by atoms with van der Waals surface area (Å²) in [5.74, 6) is 0.0883. The molecule has 1 fully saturated rings. The molecule has 1 amide bonds. The average Bonchev–Trinajstić information content (AvgIpc) is 2.59. The number of hydrogen-bond acceptors (Lipinski definition) is 3. The van der Waals surface area contributed by atoms with Gasteiger partial charge in [-0.05, 0) is 11.6 Å². The van der Waals surface area contributed by atoms with Crippen molar-refractivity contribution in [3.8, 4) is 6.07 Å². The first-order chi connectivity index (χ1) is 7.72. The molecule has 16 heavy (non-hydrogen) atoms. The van der Waals surface area contributed by atoms with Gasteiger partial charge in [-0.2, -0.15) is 17.9 Å². The molecule has 0 radical (unpaired) electrons. The molecule has 4 heteroatoms. The number of amides is 1. The lowest BCUT2D eigenvalue weighted by molar-refractivity contribution is -0.117. The van der Waals surface area contributed by atoms with E-state index in [0.29, 0.717) is 19.4 Å². The van der Waals surface area contributed by atoms with Crippen LogP contribution in [0.3, 0.4) is 0 Å². The lowest BCUT2D eigenvalue weighted by Crippen LogP contribution is -2.25. The molecule has 0 aromatic heterocycles. The summed E-state index contributed by atoms with van der Waals surface area (Å²) < 4.78 is 0. The third-order valence-electron chi connectivity index (χ3n) is 2.66. The number of para-hydroxylation sites is 1. The largest absolute Gasteiger partial charge is 0.311 e. The average molecular weight is 232 g/mol. The molecule has 1 atom stereocenters. The zero-order valence-electron chi connectivity index (χ0n) is 8.76. The number of carbonyl (C=O) groups is 1. The number of thiol groups is 1. The summed E-state index contributed by atoms with van der Waals surface area (Å²) in [6.45, 7) is 0.629. The van der Waals surface area contributed by atoms with Crippen LogP contribution in [0.2, 0.25) is 0 Å². The Morgan fingerprint density at radius 3 is 2.88 bits per heavy atom. The monoisotopic (exact) mass is 232 g/mol. The summed E-state index contributed by atoms with van der Waals surface area (Å²) in [4.78, 5) is 13.5. The highest BCUT2D eigenvalue weighted by Gasteiger charge is 2.29. The number of anilines is 1. The molecule has 1 aliphatic rings. The number of carbonyl (C=O) groups excluding carboxylic acids is 1. The van der Waals surface area contributed by atoms with Gasteiger partial charge in [-0.3, -0.25) is 4.79 Å². The minimum Gasteiger partial charge on any atom is -0.311 e. The molecule has 2 rings (SSSR count). The molecule has 1 saturated heterocycles. The Kier molecular flexibility index (Phi) is 3.16. The van der Waals surface area contributed by atoms with Crippen molar-refractivity contribution in [1.82, 2.24) is 0 Å². The Bertz CT molecular complexity index is 453. The van der Waals surface area contributed by atoms with E-state index in [1.165, 1.54) is 0 Å². The Hall–Kier alpha value is -1.47. The number of nitrogens with zero attached hydrogens (tertiary/aromatic N) is 2. The van der Waals surface area contributed by atoms with Crippen LogP contribution in [0.5, 0.6) is 0 Å². The van der Waals surface area contributed by atoms with Crippen molar-refractivity contribution >= 4 is 24.2 Å². The van der Waals surface area contributed by atoms with Crippen LogP contribution in [0, 0.1) is 11.3 Å². The highest BCUT2D eigenvalue weighted by atomic mass is 32.1. The number of rotatable bonds is 2. The number of hydrogen-bond donors (Lipinski definition) is 1. The zero-order chi connectivity index (χ0) is 11.5. The zero-order valence-corrected chi connectivity index (χ0v) is 9.65. The molecule has 1 aromatic carbocycles. The van der Waals surface area contributed by atoms with Crippen molar-refractivity contribution in [2.45, 2.75) is 18.1 Å². The summed E-state index contributed by atoms with van der Waals surface area (Å²) in [6, 6.07) is 9.66. The van der Waals surface area contributed by atoms with Crippen LogP contribution in [0.1, 0.15) is 12.0 Å². The minimum atomic E-state index is 0.0883. The predicted molar refractivity (Wildman–Crippen MR) is 65.5 cm³/mol.